The third kappa shape index (κ3) is 3.57. The molecular formula is C17H25N3O4S. The standard InChI is InChI=1S/C17H25N3O4S/c18-16(21)17(6-12-24-13-7-17)25(22,23)20-10-8-19(9-11-20)14-15-4-2-1-3-5-15/h1-5H,6-14H2,(H2,18,21). The second kappa shape index (κ2) is 7.41. The van der Waals surface area contributed by atoms with Crippen LogP contribution in [-0.2, 0) is 26.1 Å². The Morgan fingerprint density at radius 3 is 2.24 bits per heavy atom. The molecule has 1 amide bonds. The number of amides is 1. The van der Waals surface area contributed by atoms with Crippen molar-refractivity contribution in [3.05, 3.63) is 35.9 Å². The quantitative estimate of drug-likeness (QED) is 0.801. The fourth-order valence-electron chi connectivity index (χ4n) is 3.55. The minimum Gasteiger partial charge on any atom is -0.381 e. The van der Waals surface area contributed by atoms with E-state index in [-0.39, 0.29) is 26.1 Å². The lowest BCUT2D eigenvalue weighted by molar-refractivity contribution is -0.123. The van der Waals surface area contributed by atoms with Crippen molar-refractivity contribution in [3.8, 4) is 0 Å². The average molecular weight is 367 g/mol. The van der Waals surface area contributed by atoms with Crippen LogP contribution in [0.5, 0.6) is 0 Å². The van der Waals surface area contributed by atoms with E-state index in [4.69, 9.17) is 10.5 Å². The number of sulfonamides is 1. The summed E-state index contributed by atoms with van der Waals surface area (Å²) in [5, 5.41) is 0. The molecular weight excluding hydrogens is 342 g/mol. The predicted octanol–water partition coefficient (Wildman–Crippen LogP) is 0.169. The van der Waals surface area contributed by atoms with Gasteiger partial charge in [0.1, 0.15) is 0 Å². The van der Waals surface area contributed by atoms with Crippen LogP contribution in [0.15, 0.2) is 30.3 Å². The van der Waals surface area contributed by atoms with Crippen LogP contribution in [0.2, 0.25) is 0 Å². The Kier molecular flexibility index (Phi) is 5.43. The van der Waals surface area contributed by atoms with E-state index in [1.165, 1.54) is 9.87 Å². The van der Waals surface area contributed by atoms with Crippen LogP contribution >= 0.6 is 0 Å². The van der Waals surface area contributed by atoms with Gasteiger partial charge in [-0.05, 0) is 5.56 Å². The van der Waals surface area contributed by atoms with Crippen LogP contribution in [0, 0.1) is 0 Å². The van der Waals surface area contributed by atoms with E-state index < -0.39 is 20.7 Å². The normalized spacial score (nSPS) is 22.6. The summed E-state index contributed by atoms with van der Waals surface area (Å²) >= 11 is 0. The van der Waals surface area contributed by atoms with Gasteiger partial charge in [-0.25, -0.2) is 8.42 Å². The summed E-state index contributed by atoms with van der Waals surface area (Å²) in [6.45, 7) is 3.32. The lowest BCUT2D eigenvalue weighted by Gasteiger charge is -2.41. The number of hydrogen-bond acceptors (Lipinski definition) is 5. The first-order valence-electron chi connectivity index (χ1n) is 8.59. The SMILES string of the molecule is NC(=O)C1(S(=O)(=O)N2CCN(Cc3ccccc3)CC2)CCOCC1. The third-order valence-corrected chi connectivity index (χ3v) is 7.81. The van der Waals surface area contributed by atoms with Gasteiger partial charge in [0, 0.05) is 58.8 Å². The first-order chi connectivity index (χ1) is 12.0. The van der Waals surface area contributed by atoms with E-state index in [0.717, 1.165) is 6.54 Å². The fourth-order valence-corrected chi connectivity index (χ4v) is 5.62. The first kappa shape index (κ1) is 18.3. The van der Waals surface area contributed by atoms with Crippen LogP contribution in [0.4, 0.5) is 0 Å². The molecule has 7 nitrogen and oxygen atoms in total. The van der Waals surface area contributed by atoms with Crippen molar-refractivity contribution >= 4 is 15.9 Å². The average Bonchev–Trinajstić information content (AvgIpc) is 2.63. The molecule has 2 N–H and O–H groups in total. The van der Waals surface area contributed by atoms with E-state index in [0.29, 0.717) is 26.2 Å². The van der Waals surface area contributed by atoms with Crippen molar-refractivity contribution in [1.29, 1.82) is 0 Å². The van der Waals surface area contributed by atoms with Gasteiger partial charge in [-0.3, -0.25) is 9.69 Å². The van der Waals surface area contributed by atoms with Crippen molar-refractivity contribution in [2.24, 2.45) is 5.73 Å². The first-order valence-corrected chi connectivity index (χ1v) is 10.0. The van der Waals surface area contributed by atoms with E-state index >= 15 is 0 Å². The Morgan fingerprint density at radius 2 is 1.68 bits per heavy atom. The molecule has 0 aromatic heterocycles. The molecule has 2 saturated heterocycles. The van der Waals surface area contributed by atoms with E-state index in [2.05, 4.69) is 17.0 Å². The molecule has 138 valence electrons. The van der Waals surface area contributed by atoms with Crippen molar-refractivity contribution in [2.45, 2.75) is 24.1 Å². The number of piperazine rings is 1. The number of ether oxygens (including phenoxy) is 1. The number of nitrogens with two attached hydrogens (primary N) is 1. The Balaban J connectivity index is 1.67. The maximum Gasteiger partial charge on any atom is 0.240 e. The predicted molar refractivity (Wildman–Crippen MR) is 94.2 cm³/mol. The maximum atomic E-state index is 13.1. The molecule has 1 aromatic rings. The zero-order valence-electron chi connectivity index (χ0n) is 14.3. The molecule has 0 saturated carbocycles. The zero-order chi connectivity index (χ0) is 17.9. The number of benzene rings is 1. The number of carbonyl (C=O) groups excluding carboxylic acids is 1. The van der Waals surface area contributed by atoms with Crippen molar-refractivity contribution in [3.63, 3.8) is 0 Å². The molecule has 25 heavy (non-hydrogen) atoms. The number of carbonyl (C=O) groups is 1. The molecule has 2 heterocycles. The van der Waals surface area contributed by atoms with E-state index in [9.17, 15) is 13.2 Å². The number of primary amides is 1. The van der Waals surface area contributed by atoms with Crippen LogP contribution < -0.4 is 5.73 Å². The lowest BCUT2D eigenvalue weighted by atomic mass is 9.98. The Morgan fingerprint density at radius 1 is 1.08 bits per heavy atom. The number of nitrogens with zero attached hydrogens (tertiary/aromatic N) is 2. The molecule has 2 aliphatic rings. The highest BCUT2D eigenvalue weighted by Crippen LogP contribution is 2.33. The van der Waals surface area contributed by atoms with Crippen LogP contribution in [0.1, 0.15) is 18.4 Å². The molecule has 2 fully saturated rings. The summed E-state index contributed by atoms with van der Waals surface area (Å²) in [4.78, 5) is 14.2. The van der Waals surface area contributed by atoms with Crippen molar-refractivity contribution in [1.82, 2.24) is 9.21 Å². The van der Waals surface area contributed by atoms with Crippen LogP contribution in [-0.4, -0.2) is 67.7 Å². The largest absolute Gasteiger partial charge is 0.381 e. The Labute approximate surface area is 148 Å². The highest BCUT2D eigenvalue weighted by molar-refractivity contribution is 7.91. The minimum atomic E-state index is -3.79. The summed E-state index contributed by atoms with van der Waals surface area (Å²) in [5.74, 6) is -0.762. The highest BCUT2D eigenvalue weighted by atomic mass is 32.2. The van der Waals surface area contributed by atoms with Crippen molar-refractivity contribution < 1.29 is 17.9 Å². The summed E-state index contributed by atoms with van der Waals surface area (Å²) in [6, 6.07) is 10.1. The number of rotatable bonds is 5. The Hall–Kier alpha value is -1.48. The fraction of sp³-hybridized carbons (Fsp3) is 0.588. The topological polar surface area (TPSA) is 92.9 Å². The lowest BCUT2D eigenvalue weighted by Crippen LogP contribution is -2.61. The molecule has 0 radical (unpaired) electrons. The monoisotopic (exact) mass is 367 g/mol. The molecule has 2 aliphatic heterocycles. The Bertz CT molecular complexity index is 694. The zero-order valence-corrected chi connectivity index (χ0v) is 15.1. The number of hydrogen-bond donors (Lipinski definition) is 1. The van der Waals surface area contributed by atoms with Gasteiger partial charge in [0.05, 0.1) is 0 Å². The van der Waals surface area contributed by atoms with Gasteiger partial charge in [-0.1, -0.05) is 30.3 Å². The minimum absolute atomic E-state index is 0.134. The molecule has 3 rings (SSSR count). The second-order valence-electron chi connectivity index (χ2n) is 6.64. The molecule has 0 unspecified atom stereocenters. The smallest absolute Gasteiger partial charge is 0.240 e. The van der Waals surface area contributed by atoms with Gasteiger partial charge in [0.15, 0.2) is 4.75 Å². The van der Waals surface area contributed by atoms with Gasteiger partial charge in [0.25, 0.3) is 0 Å². The van der Waals surface area contributed by atoms with Crippen LogP contribution in [0.3, 0.4) is 0 Å². The van der Waals surface area contributed by atoms with Crippen LogP contribution in [0.25, 0.3) is 0 Å². The van der Waals surface area contributed by atoms with E-state index in [1.54, 1.807) is 0 Å². The molecule has 1 aromatic carbocycles. The summed E-state index contributed by atoms with van der Waals surface area (Å²) in [6.07, 6.45) is 0.268. The molecule has 8 heteroatoms. The van der Waals surface area contributed by atoms with Crippen molar-refractivity contribution in [2.75, 3.05) is 39.4 Å². The highest BCUT2D eigenvalue weighted by Gasteiger charge is 2.53. The van der Waals surface area contributed by atoms with Gasteiger partial charge in [-0.15, -0.1) is 0 Å². The summed E-state index contributed by atoms with van der Waals surface area (Å²) < 4.78 is 31.4. The molecule has 0 spiro atoms. The van der Waals surface area contributed by atoms with Gasteiger partial charge < -0.3 is 10.5 Å². The van der Waals surface area contributed by atoms with E-state index in [1.807, 2.05) is 18.2 Å². The third-order valence-electron chi connectivity index (χ3n) is 5.16. The van der Waals surface area contributed by atoms with Gasteiger partial charge in [0.2, 0.25) is 15.9 Å². The maximum absolute atomic E-state index is 13.1. The second-order valence-corrected chi connectivity index (χ2v) is 8.88. The molecule has 0 atom stereocenters. The summed E-state index contributed by atoms with van der Waals surface area (Å²) in [5.41, 5.74) is 6.72. The van der Waals surface area contributed by atoms with Gasteiger partial charge in [-0.2, -0.15) is 4.31 Å². The molecule has 0 aliphatic carbocycles. The molecule has 0 bridgehead atoms. The van der Waals surface area contributed by atoms with Gasteiger partial charge >= 0.3 is 0 Å². The summed E-state index contributed by atoms with van der Waals surface area (Å²) in [7, 11) is -3.79.